The third-order valence-corrected chi connectivity index (χ3v) is 6.50. The van der Waals surface area contributed by atoms with Gasteiger partial charge in [-0.1, -0.05) is 74.5 Å². The van der Waals surface area contributed by atoms with Crippen molar-refractivity contribution in [2.45, 2.75) is 46.8 Å². The molecule has 38 heavy (non-hydrogen) atoms. The highest BCUT2D eigenvalue weighted by molar-refractivity contribution is 5.88. The number of rotatable bonds is 8. The molecule has 4 aromatic rings. The Balaban J connectivity index is 1.51. The molecule has 0 aliphatic heterocycles. The zero-order valence-electron chi connectivity index (χ0n) is 21.9. The maximum absolute atomic E-state index is 13.1. The monoisotopic (exact) mass is 513 g/mol. The summed E-state index contributed by atoms with van der Waals surface area (Å²) in [6, 6.07) is 21.5. The summed E-state index contributed by atoms with van der Waals surface area (Å²) < 4.78 is 16.6. The number of amides is 1. The summed E-state index contributed by atoms with van der Waals surface area (Å²) in [5.74, 6) is -0.641. The molecule has 7 nitrogen and oxygen atoms in total. The molecule has 1 unspecified atom stereocenters. The van der Waals surface area contributed by atoms with Crippen LogP contribution in [0.3, 0.4) is 0 Å². The van der Waals surface area contributed by atoms with E-state index in [0.29, 0.717) is 23.1 Å². The number of carbonyl (C=O) groups is 2. The number of carbonyl (C=O) groups excluding carboxylic acids is 2. The normalized spacial score (nSPS) is 11.8. The van der Waals surface area contributed by atoms with Crippen LogP contribution in [0.4, 0.5) is 4.79 Å². The molecular weight excluding hydrogens is 482 g/mol. The van der Waals surface area contributed by atoms with Gasteiger partial charge >= 0.3 is 17.7 Å². The van der Waals surface area contributed by atoms with Gasteiger partial charge < -0.3 is 19.2 Å². The lowest BCUT2D eigenvalue weighted by atomic mass is 9.98. The Hall–Kier alpha value is -4.39. The van der Waals surface area contributed by atoms with Crippen LogP contribution in [0.15, 0.2) is 82.0 Å². The van der Waals surface area contributed by atoms with Crippen molar-refractivity contribution in [3.8, 4) is 5.75 Å². The Labute approximate surface area is 221 Å². The number of alkyl carbamates (subject to hydrolysis) is 1. The number of hydrogen-bond donors (Lipinski definition) is 1. The Morgan fingerprint density at radius 3 is 2.13 bits per heavy atom. The molecule has 1 N–H and O–H groups in total. The van der Waals surface area contributed by atoms with Crippen molar-refractivity contribution >= 4 is 23.0 Å². The molecule has 0 spiro atoms. The molecule has 1 aromatic heterocycles. The van der Waals surface area contributed by atoms with Crippen molar-refractivity contribution in [2.75, 3.05) is 0 Å². The van der Waals surface area contributed by atoms with Gasteiger partial charge in [0.05, 0.1) is 0 Å². The second-order valence-electron chi connectivity index (χ2n) is 9.57. The summed E-state index contributed by atoms with van der Waals surface area (Å²) in [7, 11) is 0. The Morgan fingerprint density at radius 1 is 0.868 bits per heavy atom. The Kier molecular flexibility index (Phi) is 8.26. The number of fused-ring (bicyclic) bond motifs is 1. The van der Waals surface area contributed by atoms with Crippen LogP contribution in [-0.4, -0.2) is 18.1 Å². The van der Waals surface area contributed by atoms with E-state index in [4.69, 9.17) is 13.9 Å². The first kappa shape index (κ1) is 26.7. The second-order valence-corrected chi connectivity index (χ2v) is 9.57. The summed E-state index contributed by atoms with van der Waals surface area (Å²) >= 11 is 0. The highest BCUT2D eigenvalue weighted by Crippen LogP contribution is 2.30. The van der Waals surface area contributed by atoms with E-state index >= 15 is 0 Å². The first-order valence-corrected chi connectivity index (χ1v) is 12.5. The largest absolute Gasteiger partial charge is 0.445 e. The molecule has 0 fully saturated rings. The minimum absolute atomic E-state index is 0.0843. The van der Waals surface area contributed by atoms with E-state index < -0.39 is 23.7 Å². The highest BCUT2D eigenvalue weighted by Gasteiger charge is 2.28. The van der Waals surface area contributed by atoms with Gasteiger partial charge in [0.1, 0.15) is 24.0 Å². The predicted molar refractivity (Wildman–Crippen MR) is 145 cm³/mol. The fraction of sp³-hybridized carbons (Fsp3) is 0.258. The molecule has 3 aromatic carbocycles. The summed E-state index contributed by atoms with van der Waals surface area (Å²) in [5.41, 5.74) is 3.73. The van der Waals surface area contributed by atoms with Gasteiger partial charge in [0.15, 0.2) is 0 Å². The minimum Gasteiger partial charge on any atom is -0.445 e. The lowest BCUT2D eigenvalue weighted by molar-refractivity contribution is -0.137. The van der Waals surface area contributed by atoms with Crippen LogP contribution >= 0.6 is 0 Å². The quantitative estimate of drug-likeness (QED) is 0.180. The molecule has 1 atom stereocenters. The number of hydrogen-bond acceptors (Lipinski definition) is 6. The molecule has 1 amide bonds. The van der Waals surface area contributed by atoms with Crippen molar-refractivity contribution in [1.29, 1.82) is 0 Å². The van der Waals surface area contributed by atoms with Crippen LogP contribution < -0.4 is 15.7 Å². The zero-order chi connectivity index (χ0) is 27.2. The maximum Gasteiger partial charge on any atom is 0.408 e. The minimum atomic E-state index is -0.935. The first-order valence-electron chi connectivity index (χ1n) is 12.5. The van der Waals surface area contributed by atoms with Crippen LogP contribution in [0.25, 0.3) is 11.0 Å². The zero-order valence-corrected chi connectivity index (χ0v) is 21.9. The first-order chi connectivity index (χ1) is 18.2. The van der Waals surface area contributed by atoms with Gasteiger partial charge in [0.2, 0.25) is 0 Å². The Morgan fingerprint density at radius 2 is 1.50 bits per heavy atom. The van der Waals surface area contributed by atoms with E-state index in [1.807, 2.05) is 67.6 Å². The highest BCUT2D eigenvalue weighted by atomic mass is 16.6. The van der Waals surface area contributed by atoms with Crippen LogP contribution in [0.2, 0.25) is 0 Å². The summed E-state index contributed by atoms with van der Waals surface area (Å²) in [4.78, 5) is 38.3. The molecule has 0 bridgehead atoms. The number of esters is 1. The summed E-state index contributed by atoms with van der Waals surface area (Å²) in [6.07, 6.45) is -0.254. The molecule has 0 radical (unpaired) electrons. The molecule has 7 heteroatoms. The van der Waals surface area contributed by atoms with E-state index in [0.717, 1.165) is 22.1 Å². The van der Waals surface area contributed by atoms with Gasteiger partial charge in [-0.05, 0) is 48.6 Å². The van der Waals surface area contributed by atoms with Gasteiger partial charge in [0, 0.05) is 22.9 Å². The number of benzene rings is 3. The molecular formula is C31H31NO6. The van der Waals surface area contributed by atoms with Crippen molar-refractivity contribution < 1.29 is 23.5 Å². The fourth-order valence-electron chi connectivity index (χ4n) is 4.25. The fourth-order valence-corrected chi connectivity index (χ4v) is 4.25. The van der Waals surface area contributed by atoms with E-state index in [9.17, 15) is 14.4 Å². The van der Waals surface area contributed by atoms with Crippen LogP contribution in [-0.2, 0) is 22.6 Å². The van der Waals surface area contributed by atoms with Crippen molar-refractivity contribution in [3.05, 3.63) is 111 Å². The molecule has 0 aliphatic rings. The topological polar surface area (TPSA) is 94.8 Å². The molecule has 0 saturated carbocycles. The van der Waals surface area contributed by atoms with Gasteiger partial charge in [-0.2, -0.15) is 0 Å². The molecule has 196 valence electrons. The van der Waals surface area contributed by atoms with Crippen molar-refractivity contribution in [3.63, 3.8) is 0 Å². The van der Waals surface area contributed by atoms with E-state index in [1.165, 1.54) is 0 Å². The predicted octanol–water partition coefficient (Wildman–Crippen LogP) is 5.86. The van der Waals surface area contributed by atoms with Crippen molar-refractivity contribution in [2.24, 2.45) is 5.92 Å². The van der Waals surface area contributed by atoms with Gasteiger partial charge in [-0.3, -0.25) is 0 Å². The van der Waals surface area contributed by atoms with Gasteiger partial charge in [-0.25, -0.2) is 14.4 Å². The van der Waals surface area contributed by atoms with Gasteiger partial charge in [-0.15, -0.1) is 0 Å². The molecule has 4 rings (SSSR count). The third-order valence-electron chi connectivity index (χ3n) is 6.50. The standard InChI is InChI=1S/C31H31NO6/c1-19(2)27(32-31(35)36-18-23-13-9-6-10-14-23)30(34)37-26-16-15-24-20(3)25(17-22-11-7-5-8-12-22)29(33)38-28(24)21(26)4/h5-16,19,27H,17-18H2,1-4H3,(H,32,35). The SMILES string of the molecule is Cc1c(Cc2ccccc2)c(=O)oc2c(C)c(OC(=O)C(NC(=O)OCc3ccccc3)C(C)C)ccc12. The van der Waals surface area contributed by atoms with Crippen LogP contribution in [0.1, 0.15) is 41.7 Å². The van der Waals surface area contributed by atoms with E-state index in [-0.39, 0.29) is 18.3 Å². The average Bonchev–Trinajstić information content (AvgIpc) is 2.91. The number of aryl methyl sites for hydroxylation is 2. The smallest absolute Gasteiger partial charge is 0.408 e. The lowest BCUT2D eigenvalue weighted by Crippen LogP contribution is -2.46. The number of nitrogens with one attached hydrogen (secondary N) is 1. The molecule has 0 aliphatic carbocycles. The lowest BCUT2D eigenvalue weighted by Gasteiger charge is -2.21. The van der Waals surface area contributed by atoms with E-state index in [2.05, 4.69) is 5.32 Å². The van der Waals surface area contributed by atoms with Crippen molar-refractivity contribution in [1.82, 2.24) is 5.32 Å². The average molecular weight is 514 g/mol. The second kappa shape index (κ2) is 11.8. The molecule has 1 heterocycles. The third kappa shape index (κ3) is 6.11. The maximum atomic E-state index is 13.1. The summed E-state index contributed by atoms with van der Waals surface area (Å²) in [6.45, 7) is 7.31. The van der Waals surface area contributed by atoms with Gasteiger partial charge in [0.25, 0.3) is 0 Å². The van der Waals surface area contributed by atoms with Crippen LogP contribution in [0, 0.1) is 19.8 Å². The van der Waals surface area contributed by atoms with E-state index in [1.54, 1.807) is 32.9 Å². The Bertz CT molecular complexity index is 1490. The summed E-state index contributed by atoms with van der Waals surface area (Å²) in [5, 5.41) is 3.38. The van der Waals surface area contributed by atoms with Crippen LogP contribution in [0.5, 0.6) is 5.75 Å². The molecule has 0 saturated heterocycles. The number of ether oxygens (including phenoxy) is 2.